The fourth-order valence-corrected chi connectivity index (χ4v) is 3.39. The summed E-state index contributed by atoms with van der Waals surface area (Å²) in [6, 6.07) is 1.54. The Hall–Kier alpha value is -3.31. The van der Waals surface area contributed by atoms with Gasteiger partial charge in [0.25, 0.3) is 0 Å². The molecule has 7 nitrogen and oxygen atoms in total. The number of aromatic amines is 1. The summed E-state index contributed by atoms with van der Waals surface area (Å²) in [4.78, 5) is 28.8. The summed E-state index contributed by atoms with van der Waals surface area (Å²) in [5.41, 5.74) is 0.850. The van der Waals surface area contributed by atoms with E-state index in [4.69, 9.17) is 0 Å². The summed E-state index contributed by atoms with van der Waals surface area (Å²) in [6.45, 7) is -1.71. The zero-order chi connectivity index (χ0) is 21.5. The molecule has 30 heavy (non-hydrogen) atoms. The zero-order valence-corrected chi connectivity index (χ0v) is 15.2. The largest absolute Gasteiger partial charge is 0.405 e. The topological polar surface area (TPSA) is 86.8 Å². The highest BCUT2D eigenvalue weighted by Gasteiger charge is 2.39. The Labute approximate surface area is 166 Å². The van der Waals surface area contributed by atoms with Crippen molar-refractivity contribution in [2.75, 3.05) is 18.0 Å². The summed E-state index contributed by atoms with van der Waals surface area (Å²) >= 11 is 0. The first-order valence-electron chi connectivity index (χ1n) is 8.92. The maximum atomic E-state index is 14.0. The van der Waals surface area contributed by atoms with E-state index in [0.29, 0.717) is 16.6 Å². The van der Waals surface area contributed by atoms with Crippen molar-refractivity contribution in [2.24, 2.45) is 0 Å². The van der Waals surface area contributed by atoms with Gasteiger partial charge < -0.3 is 15.2 Å². The lowest BCUT2D eigenvalue weighted by Crippen LogP contribution is -2.46. The lowest BCUT2D eigenvalue weighted by atomic mass is 10.2. The minimum atomic E-state index is -4.57. The van der Waals surface area contributed by atoms with E-state index in [-0.39, 0.29) is 24.6 Å². The predicted octanol–water partition coefficient (Wildman–Crippen LogP) is 2.75. The van der Waals surface area contributed by atoms with Crippen molar-refractivity contribution in [3.8, 4) is 11.4 Å². The highest BCUT2D eigenvalue weighted by molar-refractivity contribution is 5.92. The number of carbonyl (C=O) groups is 1. The minimum absolute atomic E-state index is 0.169. The third-order valence-corrected chi connectivity index (χ3v) is 4.69. The molecule has 158 valence electrons. The van der Waals surface area contributed by atoms with Crippen LogP contribution in [0.1, 0.15) is 6.42 Å². The first-order valence-corrected chi connectivity index (χ1v) is 8.92. The van der Waals surface area contributed by atoms with Gasteiger partial charge in [0.2, 0.25) is 5.91 Å². The molecule has 4 rings (SSSR count). The number of hydrogen-bond acceptors (Lipinski definition) is 5. The predicted molar refractivity (Wildman–Crippen MR) is 96.8 cm³/mol. The number of alkyl halides is 4. The smallest absolute Gasteiger partial charge is 0.345 e. The zero-order valence-electron chi connectivity index (χ0n) is 15.2. The Morgan fingerprint density at radius 3 is 2.90 bits per heavy atom. The van der Waals surface area contributed by atoms with Gasteiger partial charge in [0, 0.05) is 29.8 Å². The van der Waals surface area contributed by atoms with Crippen molar-refractivity contribution in [3.05, 3.63) is 36.5 Å². The second-order valence-corrected chi connectivity index (χ2v) is 6.82. The van der Waals surface area contributed by atoms with Gasteiger partial charge in [-0.1, -0.05) is 0 Å². The van der Waals surface area contributed by atoms with Crippen molar-refractivity contribution in [3.63, 3.8) is 0 Å². The molecule has 0 spiro atoms. The highest BCUT2D eigenvalue weighted by atomic mass is 19.4. The normalized spacial score (nSPS) is 19.4. The molecule has 2 N–H and O–H groups in total. The molecule has 0 radical (unpaired) electrons. The molecule has 0 bridgehead atoms. The van der Waals surface area contributed by atoms with Crippen LogP contribution in [0.4, 0.5) is 27.8 Å². The Morgan fingerprint density at radius 2 is 2.13 bits per heavy atom. The average molecular weight is 426 g/mol. The third-order valence-electron chi connectivity index (χ3n) is 4.69. The molecule has 1 aliphatic rings. The Balaban J connectivity index is 1.63. The number of hydrogen-bond donors (Lipinski definition) is 2. The molecule has 1 fully saturated rings. The molecule has 2 atom stereocenters. The molecule has 0 aliphatic carbocycles. The van der Waals surface area contributed by atoms with Gasteiger partial charge >= 0.3 is 6.18 Å². The minimum Gasteiger partial charge on any atom is -0.345 e. The van der Waals surface area contributed by atoms with E-state index in [1.54, 1.807) is 5.32 Å². The number of amides is 1. The highest BCUT2D eigenvalue weighted by Crippen LogP contribution is 2.30. The van der Waals surface area contributed by atoms with Crippen LogP contribution in [0.25, 0.3) is 22.4 Å². The fraction of sp³-hybridized carbons (Fsp3) is 0.333. The second-order valence-electron chi connectivity index (χ2n) is 6.82. The SMILES string of the molecule is O=C(NCC(F)(F)F)[C@H]1C[C@H](F)CN1c1ccnc(-c2c[nH]c3ncc(F)cc23)n1. The number of aromatic nitrogens is 4. The van der Waals surface area contributed by atoms with E-state index in [1.807, 2.05) is 0 Å². The summed E-state index contributed by atoms with van der Waals surface area (Å²) < 4.78 is 64.8. The molecule has 1 amide bonds. The quantitative estimate of drug-likeness (QED) is 0.627. The monoisotopic (exact) mass is 426 g/mol. The van der Waals surface area contributed by atoms with Gasteiger partial charge in [-0.2, -0.15) is 13.2 Å². The Kier molecular flexibility index (Phi) is 5.00. The number of rotatable bonds is 4. The van der Waals surface area contributed by atoms with E-state index in [1.165, 1.54) is 29.4 Å². The summed E-state index contributed by atoms with van der Waals surface area (Å²) in [5, 5.41) is 2.21. The fourth-order valence-electron chi connectivity index (χ4n) is 3.39. The molecule has 0 saturated carbocycles. The Morgan fingerprint density at radius 1 is 1.33 bits per heavy atom. The van der Waals surface area contributed by atoms with E-state index in [9.17, 15) is 26.7 Å². The Bertz CT molecular complexity index is 1080. The van der Waals surface area contributed by atoms with Crippen LogP contribution in [-0.4, -0.2) is 57.3 Å². The molecule has 3 aromatic rings. The number of halogens is 5. The van der Waals surface area contributed by atoms with Crippen LogP contribution in [-0.2, 0) is 4.79 Å². The first-order chi connectivity index (χ1) is 14.2. The second kappa shape index (κ2) is 7.50. The van der Waals surface area contributed by atoms with E-state index in [0.717, 1.165) is 6.20 Å². The molecule has 0 aromatic carbocycles. The molecule has 12 heteroatoms. The standard InChI is InChI=1S/C18H15F5N6O/c19-9-3-11-12(6-26-15(11)25-5-9)16-24-2-1-14(28-16)29-7-10(20)4-13(29)17(30)27-8-18(21,22)23/h1-3,5-6,10,13H,4,7-8H2,(H,25,26)(H,27,30)/t10-,13+/m0/s1. The van der Waals surface area contributed by atoms with Crippen molar-refractivity contribution in [1.29, 1.82) is 0 Å². The third kappa shape index (κ3) is 4.02. The van der Waals surface area contributed by atoms with Crippen molar-refractivity contribution in [1.82, 2.24) is 25.3 Å². The summed E-state index contributed by atoms with van der Waals surface area (Å²) in [5.74, 6) is -1.15. The van der Waals surface area contributed by atoms with Gasteiger partial charge in [-0.05, 0) is 12.1 Å². The van der Waals surface area contributed by atoms with Crippen LogP contribution < -0.4 is 10.2 Å². The molecule has 1 aliphatic heterocycles. The number of carbonyl (C=O) groups excluding carboxylic acids is 1. The van der Waals surface area contributed by atoms with Gasteiger partial charge in [0.05, 0.1) is 12.7 Å². The van der Waals surface area contributed by atoms with Crippen molar-refractivity contribution >= 4 is 22.8 Å². The number of fused-ring (bicyclic) bond motifs is 1. The van der Waals surface area contributed by atoms with Crippen LogP contribution in [0.5, 0.6) is 0 Å². The lowest BCUT2D eigenvalue weighted by molar-refractivity contribution is -0.139. The molecule has 3 aromatic heterocycles. The van der Waals surface area contributed by atoms with Crippen molar-refractivity contribution in [2.45, 2.75) is 24.8 Å². The summed E-state index contributed by atoms with van der Waals surface area (Å²) in [7, 11) is 0. The van der Waals surface area contributed by atoms with Gasteiger partial charge in [-0.15, -0.1) is 0 Å². The van der Waals surface area contributed by atoms with Crippen LogP contribution in [0, 0.1) is 5.82 Å². The average Bonchev–Trinajstić information content (AvgIpc) is 3.29. The van der Waals surface area contributed by atoms with Crippen LogP contribution in [0.3, 0.4) is 0 Å². The maximum absolute atomic E-state index is 14.0. The van der Waals surface area contributed by atoms with Crippen LogP contribution in [0.2, 0.25) is 0 Å². The number of pyridine rings is 1. The first kappa shape index (κ1) is 20.0. The van der Waals surface area contributed by atoms with E-state index < -0.39 is 36.7 Å². The number of nitrogens with zero attached hydrogens (tertiary/aromatic N) is 4. The van der Waals surface area contributed by atoms with Crippen molar-refractivity contribution < 1.29 is 26.7 Å². The van der Waals surface area contributed by atoms with Gasteiger partial charge in [0.1, 0.15) is 36.0 Å². The molecular weight excluding hydrogens is 411 g/mol. The maximum Gasteiger partial charge on any atom is 0.405 e. The molecule has 4 heterocycles. The number of H-pyrrole nitrogens is 1. The molecule has 0 unspecified atom stereocenters. The number of nitrogens with one attached hydrogen (secondary N) is 2. The van der Waals surface area contributed by atoms with Crippen LogP contribution in [0.15, 0.2) is 30.7 Å². The molecular formula is C18H15F5N6O. The lowest BCUT2D eigenvalue weighted by Gasteiger charge is -2.24. The number of anilines is 1. The van der Waals surface area contributed by atoms with Crippen LogP contribution >= 0.6 is 0 Å². The van der Waals surface area contributed by atoms with Gasteiger partial charge in [-0.3, -0.25) is 4.79 Å². The molecule has 1 saturated heterocycles. The van der Waals surface area contributed by atoms with E-state index in [2.05, 4.69) is 19.9 Å². The summed E-state index contributed by atoms with van der Waals surface area (Å²) in [6.07, 6.45) is -2.28. The van der Waals surface area contributed by atoms with E-state index >= 15 is 0 Å². The van der Waals surface area contributed by atoms with Gasteiger partial charge in [0.15, 0.2) is 5.82 Å². The van der Waals surface area contributed by atoms with Gasteiger partial charge in [-0.25, -0.2) is 23.7 Å².